The number of thiophene rings is 1. The first-order valence-electron chi connectivity index (χ1n) is 6.93. The Morgan fingerprint density at radius 2 is 1.91 bits per heavy atom. The van der Waals surface area contributed by atoms with E-state index in [0.29, 0.717) is 5.69 Å². The maximum atomic E-state index is 10.5. The summed E-state index contributed by atoms with van der Waals surface area (Å²) in [5, 5.41) is 15.9. The van der Waals surface area contributed by atoms with Crippen LogP contribution in [0.15, 0.2) is 34.1 Å². The molecular weight excluding hydrogens is 421 g/mol. The van der Waals surface area contributed by atoms with Gasteiger partial charge in [0, 0.05) is 41.1 Å². The second-order valence-electron chi connectivity index (χ2n) is 5.10. The molecule has 0 unspecified atom stereocenters. The Labute approximate surface area is 161 Å². The van der Waals surface area contributed by atoms with Gasteiger partial charge in [0.05, 0.1) is 11.7 Å². The van der Waals surface area contributed by atoms with Gasteiger partial charge in [0.1, 0.15) is 5.75 Å². The topological polar surface area (TPSA) is 61.5 Å². The van der Waals surface area contributed by atoms with Gasteiger partial charge in [0.2, 0.25) is 0 Å². The lowest BCUT2D eigenvalue weighted by atomic mass is 10.0. The highest BCUT2D eigenvalue weighted by molar-refractivity contribution is 9.10. The summed E-state index contributed by atoms with van der Waals surface area (Å²) in [7, 11) is 0. The van der Waals surface area contributed by atoms with Crippen LogP contribution in [0.4, 0.5) is 5.69 Å². The normalized spacial score (nSPS) is 16.2. The molecule has 0 bridgehead atoms. The van der Waals surface area contributed by atoms with E-state index < -0.39 is 0 Å². The molecule has 1 saturated heterocycles. The van der Waals surface area contributed by atoms with Crippen LogP contribution in [0.1, 0.15) is 16.5 Å². The molecule has 1 aliphatic heterocycles. The third kappa shape index (κ3) is 4.32. The number of aromatic hydroxyl groups is 1. The van der Waals surface area contributed by atoms with E-state index in [1.165, 1.54) is 4.88 Å². The van der Waals surface area contributed by atoms with Gasteiger partial charge < -0.3 is 16.2 Å². The summed E-state index contributed by atoms with van der Waals surface area (Å²) in [5.41, 5.74) is 7.19. The van der Waals surface area contributed by atoms with Crippen molar-refractivity contribution in [2.75, 3.05) is 31.9 Å². The monoisotopic (exact) mass is 439 g/mol. The number of piperazine rings is 1. The van der Waals surface area contributed by atoms with E-state index in [4.69, 9.17) is 5.73 Å². The molecule has 128 valence electrons. The number of nitrogens with two attached hydrogens (primary N) is 1. The van der Waals surface area contributed by atoms with Crippen LogP contribution in [0, 0.1) is 0 Å². The van der Waals surface area contributed by atoms with E-state index >= 15 is 0 Å². The molecule has 0 saturated carbocycles. The number of halogens is 3. The lowest BCUT2D eigenvalue weighted by Gasteiger charge is -2.35. The number of nitrogen functional groups attached to an aromatic ring is 1. The molecule has 1 atom stereocenters. The number of anilines is 1. The molecule has 8 heteroatoms. The van der Waals surface area contributed by atoms with Gasteiger partial charge in [-0.05, 0) is 23.6 Å². The molecule has 0 radical (unpaired) electrons. The fourth-order valence-electron chi connectivity index (χ4n) is 2.75. The Hall–Kier alpha value is -0.500. The minimum Gasteiger partial charge on any atom is -0.505 e. The lowest BCUT2D eigenvalue weighted by molar-refractivity contribution is 0.197. The number of phenols is 1. The summed E-state index contributed by atoms with van der Waals surface area (Å²) in [6.45, 7) is 3.82. The van der Waals surface area contributed by atoms with Crippen LogP contribution in [0.5, 0.6) is 5.75 Å². The van der Waals surface area contributed by atoms with Crippen molar-refractivity contribution in [1.29, 1.82) is 0 Å². The largest absolute Gasteiger partial charge is 0.505 e. The zero-order valence-electron chi connectivity index (χ0n) is 12.4. The quantitative estimate of drug-likeness (QED) is 0.503. The van der Waals surface area contributed by atoms with Crippen LogP contribution in [-0.4, -0.2) is 36.2 Å². The summed E-state index contributed by atoms with van der Waals surface area (Å²) in [6.07, 6.45) is 0. The van der Waals surface area contributed by atoms with Crippen LogP contribution in [0.25, 0.3) is 0 Å². The van der Waals surface area contributed by atoms with Crippen molar-refractivity contribution in [2.24, 2.45) is 0 Å². The van der Waals surface area contributed by atoms with Gasteiger partial charge in [0.25, 0.3) is 0 Å². The molecule has 1 aromatic heterocycles. The number of hydrogen-bond acceptors (Lipinski definition) is 5. The van der Waals surface area contributed by atoms with Crippen LogP contribution >= 0.6 is 52.1 Å². The van der Waals surface area contributed by atoms with E-state index in [1.54, 1.807) is 17.4 Å². The number of nitrogens with zero attached hydrogens (tertiary/aromatic N) is 1. The van der Waals surface area contributed by atoms with Gasteiger partial charge in [-0.3, -0.25) is 4.90 Å². The van der Waals surface area contributed by atoms with E-state index in [9.17, 15) is 5.11 Å². The van der Waals surface area contributed by atoms with Gasteiger partial charge in [-0.2, -0.15) is 0 Å². The van der Waals surface area contributed by atoms with Gasteiger partial charge in [-0.1, -0.05) is 22.0 Å². The highest BCUT2D eigenvalue weighted by Crippen LogP contribution is 2.43. The van der Waals surface area contributed by atoms with Crippen LogP contribution in [0.2, 0.25) is 0 Å². The Balaban J connectivity index is 0.00000132. The molecule has 1 fully saturated rings. The second-order valence-corrected chi connectivity index (χ2v) is 6.94. The zero-order chi connectivity index (χ0) is 14.8. The summed E-state index contributed by atoms with van der Waals surface area (Å²) >= 11 is 5.29. The van der Waals surface area contributed by atoms with Crippen molar-refractivity contribution in [3.8, 4) is 5.75 Å². The minimum atomic E-state index is 0. The van der Waals surface area contributed by atoms with Crippen molar-refractivity contribution in [3.63, 3.8) is 0 Å². The first-order chi connectivity index (χ1) is 10.2. The fourth-order valence-corrected chi connectivity index (χ4v) is 4.16. The molecule has 23 heavy (non-hydrogen) atoms. The summed E-state index contributed by atoms with van der Waals surface area (Å²) in [6, 6.07) is 7.84. The Bertz CT molecular complexity index is 621. The average Bonchev–Trinajstić information content (AvgIpc) is 3.02. The highest BCUT2D eigenvalue weighted by atomic mass is 79.9. The van der Waals surface area contributed by atoms with Crippen molar-refractivity contribution in [2.45, 2.75) is 6.04 Å². The third-order valence-corrected chi connectivity index (χ3v) is 5.41. The highest BCUT2D eigenvalue weighted by Gasteiger charge is 2.29. The predicted molar refractivity (Wildman–Crippen MR) is 105 cm³/mol. The zero-order valence-corrected chi connectivity index (χ0v) is 16.4. The molecule has 3 rings (SSSR count). The average molecular weight is 441 g/mol. The second kappa shape index (κ2) is 9.11. The summed E-state index contributed by atoms with van der Waals surface area (Å²) < 4.78 is 0.895. The first kappa shape index (κ1) is 20.5. The fraction of sp³-hybridized carbons (Fsp3) is 0.333. The maximum absolute atomic E-state index is 10.5. The standard InChI is InChI=1S/C15H18BrN3OS.2ClH/c16-10-3-4-11(17)15(20)13(10)14(12-2-1-9-21-12)19-7-5-18-6-8-19;;/h1-4,9,14,18,20H,5-8,17H2;2*1H/t14-;;/m1../s1. The van der Waals surface area contributed by atoms with Crippen LogP contribution < -0.4 is 11.1 Å². The smallest absolute Gasteiger partial charge is 0.144 e. The molecule has 1 aromatic carbocycles. The summed E-state index contributed by atoms with van der Waals surface area (Å²) in [5.74, 6) is 0.182. The Morgan fingerprint density at radius 1 is 1.22 bits per heavy atom. The number of hydrogen-bond donors (Lipinski definition) is 3. The number of rotatable bonds is 3. The lowest BCUT2D eigenvalue weighted by Crippen LogP contribution is -2.45. The Morgan fingerprint density at radius 3 is 2.52 bits per heavy atom. The van der Waals surface area contributed by atoms with Crippen LogP contribution in [0.3, 0.4) is 0 Å². The van der Waals surface area contributed by atoms with E-state index in [1.807, 2.05) is 12.1 Å². The van der Waals surface area contributed by atoms with E-state index in [0.717, 1.165) is 36.2 Å². The van der Waals surface area contributed by atoms with Crippen molar-refractivity contribution in [3.05, 3.63) is 44.6 Å². The number of nitrogens with one attached hydrogen (secondary N) is 1. The molecule has 0 amide bonds. The van der Waals surface area contributed by atoms with Gasteiger partial charge in [-0.25, -0.2) is 0 Å². The van der Waals surface area contributed by atoms with E-state index in [-0.39, 0.29) is 36.6 Å². The van der Waals surface area contributed by atoms with Crippen LogP contribution in [-0.2, 0) is 0 Å². The molecule has 4 N–H and O–H groups in total. The molecule has 0 spiro atoms. The van der Waals surface area contributed by atoms with Crippen molar-refractivity contribution in [1.82, 2.24) is 10.2 Å². The van der Waals surface area contributed by atoms with Gasteiger partial charge in [-0.15, -0.1) is 36.2 Å². The molecule has 4 nitrogen and oxygen atoms in total. The number of benzene rings is 1. The van der Waals surface area contributed by atoms with Crippen molar-refractivity contribution < 1.29 is 5.11 Å². The summed E-state index contributed by atoms with van der Waals surface area (Å²) in [4.78, 5) is 3.61. The third-order valence-electron chi connectivity index (χ3n) is 3.80. The minimum absolute atomic E-state index is 0. The van der Waals surface area contributed by atoms with Gasteiger partial charge >= 0.3 is 0 Å². The maximum Gasteiger partial charge on any atom is 0.144 e. The molecule has 2 aromatic rings. The SMILES string of the molecule is Cl.Cl.Nc1ccc(Br)c([C@@H](c2cccs2)N2CCNCC2)c1O. The Kier molecular flexibility index (Phi) is 8.13. The van der Waals surface area contributed by atoms with E-state index in [2.05, 4.69) is 37.6 Å². The molecular formula is C15H20BrCl2N3OS. The van der Waals surface area contributed by atoms with Gasteiger partial charge in [0.15, 0.2) is 0 Å². The first-order valence-corrected chi connectivity index (χ1v) is 8.60. The number of phenolic OH excluding ortho intramolecular Hbond substituents is 1. The molecule has 2 heterocycles. The van der Waals surface area contributed by atoms with Crippen molar-refractivity contribution >= 4 is 57.8 Å². The predicted octanol–water partition coefficient (Wildman–Crippen LogP) is 3.64. The molecule has 1 aliphatic rings. The molecule has 0 aliphatic carbocycles.